The smallest absolute Gasteiger partial charge is 0.341 e. The molecule has 2 rings (SSSR count). The van der Waals surface area contributed by atoms with Crippen molar-refractivity contribution < 1.29 is 28.2 Å². The minimum absolute atomic E-state index is 0.220. The van der Waals surface area contributed by atoms with Gasteiger partial charge in [0.05, 0.1) is 19.8 Å². The highest BCUT2D eigenvalue weighted by Crippen LogP contribution is 2.17. The number of para-hydroxylation sites is 1. The van der Waals surface area contributed by atoms with E-state index in [2.05, 4.69) is 5.32 Å². The topological polar surface area (TPSA) is 73.9 Å². The van der Waals surface area contributed by atoms with Gasteiger partial charge in [-0.1, -0.05) is 18.2 Å². The number of carbonyl (C=O) groups excluding carboxylic acids is 2. The molecule has 25 heavy (non-hydrogen) atoms. The molecule has 0 spiro atoms. The molecule has 0 atom stereocenters. The Hall–Kier alpha value is -3.09. The summed E-state index contributed by atoms with van der Waals surface area (Å²) < 4.78 is 28.6. The molecule has 0 heterocycles. The van der Waals surface area contributed by atoms with Crippen LogP contribution in [0.3, 0.4) is 0 Å². The highest BCUT2D eigenvalue weighted by molar-refractivity contribution is 5.91. The van der Waals surface area contributed by atoms with Gasteiger partial charge in [0.15, 0.2) is 6.61 Å². The van der Waals surface area contributed by atoms with E-state index in [1.165, 1.54) is 26.4 Å². The average Bonchev–Trinajstić information content (AvgIpc) is 2.64. The van der Waals surface area contributed by atoms with Crippen molar-refractivity contribution in [2.45, 2.75) is 6.54 Å². The molecule has 1 N–H and O–H groups in total. The molecule has 0 aliphatic heterocycles. The molecule has 0 fully saturated rings. The summed E-state index contributed by atoms with van der Waals surface area (Å²) in [6.45, 7) is -0.295. The molecule has 0 unspecified atom stereocenters. The van der Waals surface area contributed by atoms with E-state index in [-0.39, 0.29) is 17.9 Å². The molecule has 0 bridgehead atoms. The van der Waals surface area contributed by atoms with E-state index in [0.717, 1.165) is 11.6 Å². The Morgan fingerprint density at radius 3 is 2.52 bits per heavy atom. The minimum atomic E-state index is -0.924. The van der Waals surface area contributed by atoms with E-state index < -0.39 is 24.3 Å². The molecule has 7 heteroatoms. The quantitative estimate of drug-likeness (QED) is 0.778. The molecule has 0 aliphatic carbocycles. The van der Waals surface area contributed by atoms with E-state index in [9.17, 15) is 14.0 Å². The van der Waals surface area contributed by atoms with E-state index in [1.807, 2.05) is 12.1 Å². The highest BCUT2D eigenvalue weighted by atomic mass is 19.1. The van der Waals surface area contributed by atoms with Crippen LogP contribution in [0, 0.1) is 5.82 Å². The lowest BCUT2D eigenvalue weighted by atomic mass is 10.2. The standard InChI is InChI=1S/C18H18FNO5/c1-23-13-7-8-14(15(19)9-13)18(22)25-11-17(21)20-10-12-5-3-4-6-16(12)24-2/h3-9H,10-11H2,1-2H3,(H,20,21). The summed E-state index contributed by atoms with van der Waals surface area (Å²) in [5.74, 6) is -1.29. The van der Waals surface area contributed by atoms with Gasteiger partial charge in [0.25, 0.3) is 5.91 Å². The van der Waals surface area contributed by atoms with E-state index >= 15 is 0 Å². The predicted molar refractivity (Wildman–Crippen MR) is 88.1 cm³/mol. The molecule has 6 nitrogen and oxygen atoms in total. The van der Waals surface area contributed by atoms with Gasteiger partial charge in [-0.05, 0) is 18.2 Å². The Labute approximate surface area is 144 Å². The second-order valence-corrected chi connectivity index (χ2v) is 5.01. The van der Waals surface area contributed by atoms with Gasteiger partial charge in [-0.2, -0.15) is 0 Å². The van der Waals surface area contributed by atoms with Crippen LogP contribution in [0.25, 0.3) is 0 Å². The third-order valence-electron chi connectivity index (χ3n) is 3.40. The number of nitrogens with one attached hydrogen (secondary N) is 1. The number of ether oxygens (including phenoxy) is 3. The van der Waals surface area contributed by atoms with Crippen LogP contribution in [0.2, 0.25) is 0 Å². The first kappa shape index (κ1) is 18.3. The molecule has 1 amide bonds. The van der Waals surface area contributed by atoms with Gasteiger partial charge in [-0.25, -0.2) is 9.18 Å². The van der Waals surface area contributed by atoms with Crippen molar-refractivity contribution in [3.8, 4) is 11.5 Å². The number of benzene rings is 2. The van der Waals surface area contributed by atoms with Crippen LogP contribution in [-0.4, -0.2) is 32.7 Å². The molecule has 0 aliphatic rings. The predicted octanol–water partition coefficient (Wildman–Crippen LogP) is 2.32. The first-order valence-corrected chi connectivity index (χ1v) is 7.44. The molecule has 0 radical (unpaired) electrons. The lowest BCUT2D eigenvalue weighted by molar-refractivity contribution is -0.124. The first-order valence-electron chi connectivity index (χ1n) is 7.44. The Balaban J connectivity index is 1.86. The SMILES string of the molecule is COc1ccc(C(=O)OCC(=O)NCc2ccccc2OC)c(F)c1. The average molecular weight is 347 g/mol. The van der Waals surface area contributed by atoms with Crippen LogP contribution in [0.5, 0.6) is 11.5 Å². The van der Waals surface area contributed by atoms with Gasteiger partial charge < -0.3 is 19.5 Å². The number of hydrogen-bond acceptors (Lipinski definition) is 5. The fourth-order valence-electron chi connectivity index (χ4n) is 2.09. The van der Waals surface area contributed by atoms with E-state index in [4.69, 9.17) is 14.2 Å². The second-order valence-electron chi connectivity index (χ2n) is 5.01. The highest BCUT2D eigenvalue weighted by Gasteiger charge is 2.15. The summed E-state index contributed by atoms with van der Waals surface area (Å²) in [6.07, 6.45) is 0. The van der Waals surface area contributed by atoms with Crippen molar-refractivity contribution in [1.29, 1.82) is 0 Å². The van der Waals surface area contributed by atoms with Crippen molar-refractivity contribution >= 4 is 11.9 Å². The molecule has 2 aromatic carbocycles. The fraction of sp³-hybridized carbons (Fsp3) is 0.222. The summed E-state index contributed by atoms with van der Waals surface area (Å²) in [5, 5.41) is 2.60. The maximum atomic E-state index is 13.8. The third-order valence-corrected chi connectivity index (χ3v) is 3.40. The van der Waals surface area contributed by atoms with E-state index in [0.29, 0.717) is 5.75 Å². The number of methoxy groups -OCH3 is 2. The number of amides is 1. The van der Waals surface area contributed by atoms with Crippen LogP contribution in [0.4, 0.5) is 4.39 Å². The van der Waals surface area contributed by atoms with Gasteiger partial charge in [0.1, 0.15) is 17.3 Å². The molecule has 2 aromatic rings. The zero-order valence-corrected chi connectivity index (χ0v) is 13.9. The van der Waals surface area contributed by atoms with Gasteiger partial charge >= 0.3 is 5.97 Å². The van der Waals surface area contributed by atoms with Crippen molar-refractivity contribution in [2.75, 3.05) is 20.8 Å². The summed E-state index contributed by atoms with van der Waals surface area (Å²) in [5.41, 5.74) is 0.518. The summed E-state index contributed by atoms with van der Waals surface area (Å²) in [4.78, 5) is 23.6. The summed E-state index contributed by atoms with van der Waals surface area (Å²) in [7, 11) is 2.92. The summed E-state index contributed by atoms with van der Waals surface area (Å²) in [6, 6.07) is 10.9. The van der Waals surface area contributed by atoms with Gasteiger partial charge in [-0.3, -0.25) is 4.79 Å². The van der Waals surface area contributed by atoms with Crippen molar-refractivity contribution in [2.24, 2.45) is 0 Å². The maximum absolute atomic E-state index is 13.8. The number of rotatable bonds is 7. The summed E-state index contributed by atoms with van der Waals surface area (Å²) >= 11 is 0. The Morgan fingerprint density at radius 1 is 1.08 bits per heavy atom. The largest absolute Gasteiger partial charge is 0.497 e. The van der Waals surface area contributed by atoms with Gasteiger partial charge in [0.2, 0.25) is 0 Å². The maximum Gasteiger partial charge on any atom is 0.341 e. The minimum Gasteiger partial charge on any atom is -0.497 e. The van der Waals surface area contributed by atoms with Gasteiger partial charge in [0, 0.05) is 18.2 Å². The first-order chi connectivity index (χ1) is 12.0. The molecule has 0 aromatic heterocycles. The van der Waals surface area contributed by atoms with Crippen LogP contribution in [0.1, 0.15) is 15.9 Å². The Kier molecular flexibility index (Phi) is 6.33. The lowest BCUT2D eigenvalue weighted by Crippen LogP contribution is -2.28. The Bertz CT molecular complexity index is 763. The van der Waals surface area contributed by atoms with Crippen LogP contribution in [-0.2, 0) is 16.1 Å². The van der Waals surface area contributed by atoms with Crippen LogP contribution in [0.15, 0.2) is 42.5 Å². The van der Waals surface area contributed by atoms with Crippen molar-refractivity contribution in [3.05, 3.63) is 59.4 Å². The lowest BCUT2D eigenvalue weighted by Gasteiger charge is -2.10. The van der Waals surface area contributed by atoms with Gasteiger partial charge in [-0.15, -0.1) is 0 Å². The number of halogens is 1. The third kappa shape index (κ3) is 4.94. The Morgan fingerprint density at radius 2 is 1.84 bits per heavy atom. The number of hydrogen-bond donors (Lipinski definition) is 1. The van der Waals surface area contributed by atoms with Crippen molar-refractivity contribution in [3.63, 3.8) is 0 Å². The van der Waals surface area contributed by atoms with Crippen molar-refractivity contribution in [1.82, 2.24) is 5.32 Å². The number of carbonyl (C=O) groups is 2. The number of esters is 1. The molecular weight excluding hydrogens is 329 g/mol. The zero-order chi connectivity index (χ0) is 18.2. The second kappa shape index (κ2) is 8.68. The normalized spacial score (nSPS) is 10.0. The van der Waals surface area contributed by atoms with E-state index in [1.54, 1.807) is 12.1 Å². The monoisotopic (exact) mass is 347 g/mol. The zero-order valence-electron chi connectivity index (χ0n) is 13.9. The molecular formula is C18H18FNO5. The van der Waals surface area contributed by atoms with Crippen LogP contribution >= 0.6 is 0 Å². The molecule has 0 saturated carbocycles. The molecule has 132 valence electrons. The molecule has 0 saturated heterocycles. The fourth-order valence-corrected chi connectivity index (χ4v) is 2.09. The van der Waals surface area contributed by atoms with Crippen LogP contribution < -0.4 is 14.8 Å².